The number of hydrogen-bond donors (Lipinski definition) is 1. The van der Waals surface area contributed by atoms with Crippen LogP contribution in [0.5, 0.6) is 5.75 Å². The van der Waals surface area contributed by atoms with Crippen LogP contribution in [0, 0.1) is 6.92 Å². The average Bonchev–Trinajstić information content (AvgIpc) is 3.12. The van der Waals surface area contributed by atoms with E-state index in [9.17, 15) is 9.59 Å². The van der Waals surface area contributed by atoms with Crippen LogP contribution in [0.25, 0.3) is 22.3 Å². The van der Waals surface area contributed by atoms with Gasteiger partial charge >= 0.3 is 5.97 Å². The number of pyridine rings is 1. The molecule has 174 valence electrons. The molecule has 2 heterocycles. The lowest BCUT2D eigenvalue weighted by Crippen LogP contribution is -2.30. The first kappa shape index (κ1) is 23.3. The third kappa shape index (κ3) is 4.58. The number of nitrogens with zero attached hydrogens (tertiary/aromatic N) is 3. The molecule has 4 rings (SSSR count). The number of aromatic nitrogens is 3. The fraction of sp³-hybridized carbons (Fsp3) is 0.200. The van der Waals surface area contributed by atoms with E-state index >= 15 is 0 Å². The molecule has 0 aliphatic rings. The summed E-state index contributed by atoms with van der Waals surface area (Å²) >= 11 is 6.03. The highest BCUT2D eigenvalue weighted by Gasteiger charge is 2.25. The first-order valence-electron chi connectivity index (χ1n) is 10.5. The van der Waals surface area contributed by atoms with Crippen molar-refractivity contribution in [2.45, 2.75) is 20.0 Å². The van der Waals surface area contributed by atoms with E-state index in [0.29, 0.717) is 38.9 Å². The molecular weight excluding hydrogens is 456 g/mol. The van der Waals surface area contributed by atoms with E-state index < -0.39 is 18.0 Å². The Morgan fingerprint density at radius 2 is 1.85 bits per heavy atom. The monoisotopic (exact) mass is 478 g/mol. The minimum Gasteiger partial charge on any atom is -0.495 e. The van der Waals surface area contributed by atoms with Crippen molar-refractivity contribution in [3.05, 3.63) is 70.9 Å². The fourth-order valence-corrected chi connectivity index (χ4v) is 3.82. The van der Waals surface area contributed by atoms with Crippen molar-refractivity contribution >= 4 is 40.2 Å². The van der Waals surface area contributed by atoms with Crippen LogP contribution in [0.1, 0.15) is 23.0 Å². The molecule has 1 N–H and O–H groups in total. The number of anilines is 1. The summed E-state index contributed by atoms with van der Waals surface area (Å²) in [6.45, 7) is 3.29. The van der Waals surface area contributed by atoms with Gasteiger partial charge in [0.2, 0.25) is 0 Å². The Morgan fingerprint density at radius 1 is 1.12 bits per heavy atom. The molecule has 9 heteroatoms. The number of halogens is 1. The van der Waals surface area contributed by atoms with Crippen molar-refractivity contribution in [2.75, 3.05) is 12.4 Å². The minimum atomic E-state index is -1.09. The van der Waals surface area contributed by atoms with Crippen molar-refractivity contribution < 1.29 is 19.1 Å². The zero-order valence-corrected chi connectivity index (χ0v) is 19.9. The second kappa shape index (κ2) is 9.52. The molecule has 0 radical (unpaired) electrons. The lowest BCUT2D eigenvalue weighted by atomic mass is 10.1. The summed E-state index contributed by atoms with van der Waals surface area (Å²) in [5.74, 6) is -0.739. The van der Waals surface area contributed by atoms with Crippen molar-refractivity contribution in [3.63, 3.8) is 0 Å². The highest BCUT2D eigenvalue weighted by Crippen LogP contribution is 2.29. The van der Waals surface area contributed by atoms with Crippen molar-refractivity contribution in [1.29, 1.82) is 0 Å². The van der Waals surface area contributed by atoms with Crippen LogP contribution in [0.15, 0.2) is 54.6 Å². The van der Waals surface area contributed by atoms with Gasteiger partial charge in [-0.25, -0.2) is 9.78 Å². The summed E-state index contributed by atoms with van der Waals surface area (Å²) < 4.78 is 12.4. The quantitative estimate of drug-likeness (QED) is 0.400. The van der Waals surface area contributed by atoms with Gasteiger partial charge in [-0.1, -0.05) is 41.9 Å². The van der Waals surface area contributed by atoms with E-state index in [1.165, 1.54) is 14.0 Å². The Balaban J connectivity index is 1.64. The predicted molar refractivity (Wildman–Crippen MR) is 130 cm³/mol. The third-order valence-corrected chi connectivity index (χ3v) is 5.57. The number of ether oxygens (including phenoxy) is 2. The molecule has 0 bridgehead atoms. The lowest BCUT2D eigenvalue weighted by Gasteiger charge is -2.16. The first-order chi connectivity index (χ1) is 16.3. The third-order valence-electron chi connectivity index (χ3n) is 5.33. The largest absolute Gasteiger partial charge is 0.495 e. The highest BCUT2D eigenvalue weighted by atomic mass is 35.5. The highest BCUT2D eigenvalue weighted by molar-refractivity contribution is 6.31. The molecule has 1 unspecified atom stereocenters. The Bertz CT molecular complexity index is 1380. The van der Waals surface area contributed by atoms with Crippen LogP contribution in [0.3, 0.4) is 0 Å². The molecule has 8 nitrogen and oxygen atoms in total. The Hall–Kier alpha value is -3.91. The van der Waals surface area contributed by atoms with Crippen molar-refractivity contribution in [3.8, 4) is 17.0 Å². The number of carbonyl (C=O) groups is 2. The second-order valence-electron chi connectivity index (χ2n) is 7.71. The maximum atomic E-state index is 13.2. The van der Waals surface area contributed by atoms with Crippen LogP contribution in [0.4, 0.5) is 5.69 Å². The smallest absolute Gasteiger partial charge is 0.339 e. The van der Waals surface area contributed by atoms with Crippen LogP contribution >= 0.6 is 11.6 Å². The summed E-state index contributed by atoms with van der Waals surface area (Å²) in [7, 11) is 3.25. The Labute approximate surface area is 201 Å². The number of aryl methyl sites for hydroxylation is 2. The van der Waals surface area contributed by atoms with E-state index in [1.54, 1.807) is 42.9 Å². The molecular formula is C25H23ClN4O4. The number of methoxy groups -OCH3 is 1. The summed E-state index contributed by atoms with van der Waals surface area (Å²) in [4.78, 5) is 30.7. The van der Waals surface area contributed by atoms with E-state index in [2.05, 4.69) is 10.4 Å². The van der Waals surface area contributed by atoms with Gasteiger partial charge in [-0.2, -0.15) is 5.10 Å². The van der Waals surface area contributed by atoms with Gasteiger partial charge < -0.3 is 14.8 Å². The molecule has 2 aromatic carbocycles. The number of rotatable bonds is 6. The Morgan fingerprint density at radius 3 is 2.56 bits per heavy atom. The standard InChI is InChI=1S/C25H23ClN4O4/c1-14-22-18(13-19(16-8-6-5-7-9-16)27-23(22)30(3)29-14)25(32)34-15(2)24(31)28-20-12-17(26)10-11-21(20)33-4/h5-13,15H,1-4H3,(H,28,31). The topological polar surface area (TPSA) is 95.3 Å². The molecule has 34 heavy (non-hydrogen) atoms. The molecule has 1 amide bonds. The predicted octanol–water partition coefficient (Wildman–Crippen LogP) is 4.79. The summed E-state index contributed by atoms with van der Waals surface area (Å²) in [6.07, 6.45) is -1.09. The molecule has 1 atom stereocenters. The van der Waals surface area contributed by atoms with E-state index in [1.807, 2.05) is 30.3 Å². The van der Waals surface area contributed by atoms with Gasteiger partial charge in [0.1, 0.15) is 5.75 Å². The maximum absolute atomic E-state index is 13.2. The molecule has 2 aromatic heterocycles. The number of nitrogens with one attached hydrogen (secondary N) is 1. The van der Waals surface area contributed by atoms with Gasteiger partial charge in [-0.3, -0.25) is 9.48 Å². The van der Waals surface area contributed by atoms with Crippen molar-refractivity contribution in [1.82, 2.24) is 14.8 Å². The fourth-order valence-electron chi connectivity index (χ4n) is 3.65. The van der Waals surface area contributed by atoms with Gasteiger partial charge in [0.15, 0.2) is 11.8 Å². The second-order valence-corrected chi connectivity index (χ2v) is 8.15. The van der Waals surface area contributed by atoms with Gasteiger partial charge in [-0.15, -0.1) is 0 Å². The normalized spacial score (nSPS) is 11.8. The van der Waals surface area contributed by atoms with Crippen molar-refractivity contribution in [2.24, 2.45) is 7.05 Å². The average molecular weight is 479 g/mol. The number of benzene rings is 2. The number of esters is 1. The zero-order chi connectivity index (χ0) is 24.4. The first-order valence-corrected chi connectivity index (χ1v) is 10.9. The van der Waals surface area contributed by atoms with E-state index in [0.717, 1.165) is 5.56 Å². The minimum absolute atomic E-state index is 0.287. The maximum Gasteiger partial charge on any atom is 0.339 e. The summed E-state index contributed by atoms with van der Waals surface area (Å²) in [5.41, 5.74) is 3.29. The summed E-state index contributed by atoms with van der Waals surface area (Å²) in [5, 5.41) is 8.11. The number of hydrogen-bond acceptors (Lipinski definition) is 6. The molecule has 0 saturated carbocycles. The van der Waals surface area contributed by atoms with E-state index in [-0.39, 0.29) is 5.56 Å². The zero-order valence-electron chi connectivity index (χ0n) is 19.1. The molecule has 0 fully saturated rings. The van der Waals surface area contributed by atoms with Crippen LogP contribution in [-0.2, 0) is 16.6 Å². The van der Waals surface area contributed by atoms with Gasteiger partial charge in [0.25, 0.3) is 5.91 Å². The molecule has 0 saturated heterocycles. The number of carbonyl (C=O) groups excluding carboxylic acids is 2. The van der Waals surface area contributed by atoms with Crippen LogP contribution < -0.4 is 10.1 Å². The molecule has 4 aromatic rings. The Kier molecular flexibility index (Phi) is 6.51. The van der Waals surface area contributed by atoms with Crippen LogP contribution in [0.2, 0.25) is 5.02 Å². The van der Waals surface area contributed by atoms with Gasteiger partial charge in [0, 0.05) is 17.6 Å². The van der Waals surface area contributed by atoms with Gasteiger partial charge in [-0.05, 0) is 38.1 Å². The number of amides is 1. The van der Waals surface area contributed by atoms with Crippen LogP contribution in [-0.4, -0.2) is 39.9 Å². The molecule has 0 spiro atoms. The number of fused-ring (bicyclic) bond motifs is 1. The summed E-state index contributed by atoms with van der Waals surface area (Å²) in [6, 6.07) is 16.0. The molecule has 0 aliphatic heterocycles. The molecule has 0 aliphatic carbocycles. The van der Waals surface area contributed by atoms with E-state index in [4.69, 9.17) is 26.1 Å². The SMILES string of the molecule is COc1ccc(Cl)cc1NC(=O)C(C)OC(=O)c1cc(-c2ccccc2)nc2c1c(C)nn2C. The lowest BCUT2D eigenvalue weighted by molar-refractivity contribution is -0.123. The van der Waals surface area contributed by atoms with Gasteiger partial charge in [0.05, 0.1) is 35.1 Å².